The number of amides is 1. The molecule has 1 N–H and O–H groups in total. The van der Waals surface area contributed by atoms with E-state index in [4.69, 9.17) is 4.99 Å². The molecular weight excluding hydrogens is 294 g/mol. The van der Waals surface area contributed by atoms with Crippen LogP contribution < -0.4 is 5.32 Å². The van der Waals surface area contributed by atoms with Gasteiger partial charge >= 0.3 is 0 Å². The van der Waals surface area contributed by atoms with E-state index in [-0.39, 0.29) is 18.3 Å². The van der Waals surface area contributed by atoms with Crippen LogP contribution in [0, 0.1) is 0 Å². The van der Waals surface area contributed by atoms with Gasteiger partial charge in [0.2, 0.25) is 5.91 Å². The topological polar surface area (TPSA) is 44.7 Å². The normalized spacial score (nSPS) is 29.0. The van der Waals surface area contributed by atoms with E-state index in [0.717, 1.165) is 18.3 Å². The Labute approximate surface area is 131 Å². The van der Waals surface area contributed by atoms with Gasteiger partial charge < -0.3 is 10.2 Å². The fourth-order valence-electron chi connectivity index (χ4n) is 3.22. The van der Waals surface area contributed by atoms with Gasteiger partial charge in [0.1, 0.15) is 0 Å². The Balaban J connectivity index is 0.00000147. The van der Waals surface area contributed by atoms with Crippen molar-refractivity contribution >= 4 is 35.2 Å². The maximum atomic E-state index is 12.1. The second-order valence-corrected chi connectivity index (χ2v) is 6.73. The van der Waals surface area contributed by atoms with E-state index in [2.05, 4.69) is 5.32 Å². The summed E-state index contributed by atoms with van der Waals surface area (Å²) in [5.74, 6) is 0.828. The van der Waals surface area contributed by atoms with Crippen molar-refractivity contribution in [2.24, 2.45) is 4.99 Å². The van der Waals surface area contributed by atoms with Crippen LogP contribution in [0.2, 0.25) is 0 Å². The van der Waals surface area contributed by atoms with E-state index in [9.17, 15) is 4.79 Å². The molecule has 2 atom stereocenters. The second kappa shape index (κ2) is 7.55. The van der Waals surface area contributed by atoms with Gasteiger partial charge in [0.25, 0.3) is 0 Å². The Morgan fingerprint density at radius 1 is 1.20 bits per heavy atom. The van der Waals surface area contributed by atoms with Crippen LogP contribution in [0.1, 0.15) is 44.9 Å². The van der Waals surface area contributed by atoms with E-state index >= 15 is 0 Å². The highest BCUT2D eigenvalue weighted by atomic mass is 35.5. The molecular formula is C14H24ClN3OS. The van der Waals surface area contributed by atoms with Crippen molar-refractivity contribution in [2.45, 2.75) is 57.0 Å². The van der Waals surface area contributed by atoms with Crippen molar-refractivity contribution in [1.29, 1.82) is 0 Å². The van der Waals surface area contributed by atoms with Crippen LogP contribution in [0.25, 0.3) is 0 Å². The number of nitrogens with zero attached hydrogens (tertiary/aromatic N) is 2. The van der Waals surface area contributed by atoms with Crippen molar-refractivity contribution in [2.75, 3.05) is 18.8 Å². The highest BCUT2D eigenvalue weighted by molar-refractivity contribution is 8.14. The number of carbonyl (C=O) groups is 1. The molecule has 0 radical (unpaired) electrons. The predicted octanol–water partition coefficient (Wildman–Crippen LogP) is 2.42. The summed E-state index contributed by atoms with van der Waals surface area (Å²) >= 11 is 1.60. The molecule has 4 nitrogen and oxygen atoms in total. The molecule has 0 aromatic heterocycles. The van der Waals surface area contributed by atoms with Gasteiger partial charge in [0.05, 0.1) is 17.8 Å². The molecule has 0 unspecified atom stereocenters. The molecule has 3 rings (SSSR count). The van der Waals surface area contributed by atoms with Crippen LogP contribution in [-0.2, 0) is 4.79 Å². The maximum absolute atomic E-state index is 12.1. The number of halogens is 1. The number of fused-ring (bicyclic) bond motifs is 1. The Bertz CT molecular complexity index is 371. The van der Waals surface area contributed by atoms with Crippen LogP contribution >= 0.6 is 24.2 Å². The minimum Gasteiger partial charge on any atom is -0.360 e. The number of hydrogen-bond donors (Lipinski definition) is 1. The Kier molecular flexibility index (Phi) is 6.02. The van der Waals surface area contributed by atoms with Gasteiger partial charge in [-0.15, -0.1) is 12.4 Å². The fourth-order valence-corrected chi connectivity index (χ4v) is 4.11. The zero-order chi connectivity index (χ0) is 13.1. The molecule has 2 aliphatic heterocycles. The molecule has 2 fully saturated rings. The summed E-state index contributed by atoms with van der Waals surface area (Å²) in [5.41, 5.74) is 0. The minimum absolute atomic E-state index is 0. The predicted molar refractivity (Wildman–Crippen MR) is 86.8 cm³/mol. The van der Waals surface area contributed by atoms with E-state index < -0.39 is 0 Å². The first-order chi connectivity index (χ1) is 9.33. The van der Waals surface area contributed by atoms with E-state index in [1.54, 1.807) is 11.8 Å². The van der Waals surface area contributed by atoms with Gasteiger partial charge in [-0.25, -0.2) is 0 Å². The van der Waals surface area contributed by atoms with Crippen LogP contribution in [0.3, 0.4) is 0 Å². The Morgan fingerprint density at radius 2 is 1.95 bits per heavy atom. The second-order valence-electron chi connectivity index (χ2n) is 5.77. The summed E-state index contributed by atoms with van der Waals surface area (Å²) in [5, 5.41) is 4.50. The third-order valence-corrected chi connectivity index (χ3v) is 5.25. The summed E-state index contributed by atoms with van der Waals surface area (Å²) in [6.45, 7) is 1.90. The fraction of sp³-hybridized carbons (Fsp3) is 0.857. The lowest BCUT2D eigenvalue weighted by Gasteiger charge is -2.26. The molecule has 2 heterocycles. The number of carbonyl (C=O) groups excluding carboxylic acids is 1. The van der Waals surface area contributed by atoms with Gasteiger partial charge in [-0.05, 0) is 32.1 Å². The highest BCUT2D eigenvalue weighted by Gasteiger charge is 2.31. The first kappa shape index (κ1) is 16.0. The number of likely N-dealkylation sites (tertiary alicyclic amines) is 1. The average Bonchev–Trinajstić information content (AvgIpc) is 2.88. The molecule has 1 amide bonds. The summed E-state index contributed by atoms with van der Waals surface area (Å²) in [6, 6.07) is 1.02. The third kappa shape index (κ3) is 3.82. The average molecular weight is 318 g/mol. The SMILES string of the molecule is Cl.O=C(CSC1=N[C@@H]2CCCC[C@@H]2N1)N1CCCCC1. The van der Waals surface area contributed by atoms with Gasteiger partial charge in [0.15, 0.2) is 5.17 Å². The Morgan fingerprint density at radius 3 is 2.70 bits per heavy atom. The zero-order valence-corrected chi connectivity index (χ0v) is 13.5. The molecule has 1 saturated heterocycles. The van der Waals surface area contributed by atoms with E-state index in [1.165, 1.54) is 44.9 Å². The van der Waals surface area contributed by atoms with Gasteiger partial charge in [0, 0.05) is 13.1 Å². The molecule has 6 heteroatoms. The van der Waals surface area contributed by atoms with E-state index in [0.29, 0.717) is 17.8 Å². The summed E-state index contributed by atoms with van der Waals surface area (Å²) in [4.78, 5) is 18.8. The first-order valence-corrected chi connectivity index (χ1v) is 8.56. The van der Waals surface area contributed by atoms with Gasteiger partial charge in [-0.3, -0.25) is 9.79 Å². The van der Waals surface area contributed by atoms with Crippen molar-refractivity contribution in [3.05, 3.63) is 0 Å². The lowest BCUT2D eigenvalue weighted by Crippen LogP contribution is -2.38. The molecule has 0 bridgehead atoms. The number of aliphatic imine (C=N–C) groups is 1. The molecule has 114 valence electrons. The molecule has 0 aromatic rings. The zero-order valence-electron chi connectivity index (χ0n) is 11.8. The molecule has 1 aliphatic carbocycles. The summed E-state index contributed by atoms with van der Waals surface area (Å²) in [7, 11) is 0. The number of piperidine rings is 1. The van der Waals surface area contributed by atoms with Crippen LogP contribution in [-0.4, -0.2) is 46.9 Å². The van der Waals surface area contributed by atoms with Crippen molar-refractivity contribution in [1.82, 2.24) is 10.2 Å². The van der Waals surface area contributed by atoms with Crippen molar-refractivity contribution in [3.8, 4) is 0 Å². The molecule has 20 heavy (non-hydrogen) atoms. The number of amidine groups is 1. The van der Waals surface area contributed by atoms with Crippen molar-refractivity contribution in [3.63, 3.8) is 0 Å². The van der Waals surface area contributed by atoms with Crippen LogP contribution in [0.15, 0.2) is 4.99 Å². The summed E-state index contributed by atoms with van der Waals surface area (Å²) < 4.78 is 0. The first-order valence-electron chi connectivity index (χ1n) is 7.58. The number of nitrogens with one attached hydrogen (secondary N) is 1. The van der Waals surface area contributed by atoms with Crippen molar-refractivity contribution < 1.29 is 4.79 Å². The number of hydrogen-bond acceptors (Lipinski definition) is 4. The number of rotatable bonds is 2. The summed E-state index contributed by atoms with van der Waals surface area (Å²) in [6.07, 6.45) is 8.67. The standard InChI is InChI=1S/C14H23N3OS.ClH/c18-13(17-8-4-1-5-9-17)10-19-14-15-11-6-2-3-7-12(11)16-14;/h11-12H,1-10H2,(H,15,16);1H/t11-,12+;. The molecule has 1 saturated carbocycles. The molecule has 0 spiro atoms. The lowest BCUT2D eigenvalue weighted by atomic mass is 9.92. The Hall–Kier alpha value is -0.420. The van der Waals surface area contributed by atoms with Gasteiger partial charge in [-0.1, -0.05) is 24.6 Å². The smallest absolute Gasteiger partial charge is 0.233 e. The van der Waals surface area contributed by atoms with E-state index in [1.807, 2.05) is 4.90 Å². The third-order valence-electron chi connectivity index (χ3n) is 4.36. The monoisotopic (exact) mass is 317 g/mol. The quantitative estimate of drug-likeness (QED) is 0.850. The maximum Gasteiger partial charge on any atom is 0.233 e. The van der Waals surface area contributed by atoms with Crippen LogP contribution in [0.4, 0.5) is 0 Å². The highest BCUT2D eigenvalue weighted by Crippen LogP contribution is 2.27. The van der Waals surface area contributed by atoms with Gasteiger partial charge in [-0.2, -0.15) is 0 Å². The largest absolute Gasteiger partial charge is 0.360 e. The number of thioether (sulfide) groups is 1. The van der Waals surface area contributed by atoms with Crippen LogP contribution in [0.5, 0.6) is 0 Å². The molecule has 3 aliphatic rings. The minimum atomic E-state index is 0. The molecule has 0 aromatic carbocycles. The lowest BCUT2D eigenvalue weighted by molar-refractivity contribution is -0.129.